The second kappa shape index (κ2) is 35.2. The van der Waals surface area contributed by atoms with Gasteiger partial charge < -0.3 is 9.47 Å². The second-order valence-corrected chi connectivity index (χ2v) is 29.3. The van der Waals surface area contributed by atoms with Crippen LogP contribution in [0.25, 0.3) is 84.7 Å². The molecule has 0 saturated carbocycles. The van der Waals surface area contributed by atoms with Crippen molar-refractivity contribution in [3.8, 4) is 53.9 Å². The molecule has 0 saturated heterocycles. The Bertz CT molecular complexity index is 3390. The molecule has 0 unspecified atom stereocenters. The fourth-order valence-corrected chi connectivity index (χ4v) is 17.9. The van der Waals surface area contributed by atoms with Crippen molar-refractivity contribution in [3.05, 3.63) is 81.7 Å². The minimum atomic E-state index is 0.690. The lowest BCUT2D eigenvalue weighted by atomic mass is 9.92. The fraction of sp³-hybridized carbons (Fsp3) is 0.573. The summed E-state index contributed by atoms with van der Waals surface area (Å²) in [7, 11) is 0. The van der Waals surface area contributed by atoms with Crippen molar-refractivity contribution in [1.82, 2.24) is 17.5 Å². The van der Waals surface area contributed by atoms with Crippen LogP contribution >= 0.6 is 57.5 Å². The summed E-state index contributed by atoms with van der Waals surface area (Å²) in [5, 5.41) is 2.86. The van der Waals surface area contributed by atoms with E-state index in [0.29, 0.717) is 13.2 Å². The van der Waals surface area contributed by atoms with Crippen LogP contribution in [0.15, 0.2) is 54.6 Å². The van der Waals surface area contributed by atoms with Gasteiger partial charge in [0.05, 0.1) is 47.8 Å². The summed E-state index contributed by atoms with van der Waals surface area (Å²) in [5.74, 6) is 1.97. The lowest BCUT2D eigenvalue weighted by molar-refractivity contribution is 0.304. The van der Waals surface area contributed by atoms with E-state index in [1.807, 2.05) is 34.0 Å². The molecule has 0 aliphatic rings. The van der Waals surface area contributed by atoms with Crippen LogP contribution in [-0.4, -0.2) is 30.7 Å². The average molecular weight is 1250 g/mol. The molecule has 5 heterocycles. The Hall–Kier alpha value is -4.26. The van der Waals surface area contributed by atoms with Crippen LogP contribution in [0.1, 0.15) is 260 Å². The fourth-order valence-electron chi connectivity index (χ4n) is 13.2. The molecule has 0 bridgehead atoms. The highest BCUT2D eigenvalue weighted by Crippen LogP contribution is 2.54. The standard InChI is InChI=1S/C75H102N4O2S5/c1-8-12-16-20-24-26-28-30-32-39-45-57-59-51-62(65-55(7)73(81-50-42-35-23-19-15-11-4)66(61-48-47-53(5)82-61)70-69(65)77-86-78-70)83-74(59)58(46-40-33-31-29-27-25-21-17-13-9-2)60-52-63(84-75(57)60)67-71-68(76-85-79-71)64(56-43-37-36-38-44-56)54(6)72(67)80-49-41-34-22-18-14-10-3/h36-38,43-44,47-48,51-52H,8-35,39-42,45-46,49-50H2,1-7H3. The van der Waals surface area contributed by atoms with Crippen LogP contribution < -0.4 is 9.47 Å². The first kappa shape index (κ1) is 66.2. The van der Waals surface area contributed by atoms with E-state index in [1.165, 1.54) is 278 Å². The van der Waals surface area contributed by atoms with Crippen LogP contribution in [0, 0.1) is 20.8 Å². The second-order valence-electron chi connectivity index (χ2n) is 24.9. The third-order valence-corrected chi connectivity index (χ3v) is 22.6. The first-order chi connectivity index (χ1) is 42.4. The number of hydrogen-bond donors (Lipinski definition) is 0. The molecule has 0 radical (unpaired) electrons. The van der Waals surface area contributed by atoms with Crippen molar-refractivity contribution in [1.29, 1.82) is 0 Å². The van der Waals surface area contributed by atoms with Crippen LogP contribution in [-0.2, 0) is 12.8 Å². The zero-order valence-electron chi connectivity index (χ0n) is 53.8. The van der Waals surface area contributed by atoms with Gasteiger partial charge in [0.1, 0.15) is 33.6 Å². The lowest BCUT2D eigenvalue weighted by Crippen LogP contribution is -2.03. The molecule has 0 aliphatic heterocycles. The van der Waals surface area contributed by atoms with Crippen LogP contribution in [0.3, 0.4) is 0 Å². The summed E-state index contributed by atoms with van der Waals surface area (Å²) in [6.07, 6.45) is 43.3. The molecule has 0 spiro atoms. The van der Waals surface area contributed by atoms with Gasteiger partial charge >= 0.3 is 0 Å². The number of fused-ring (bicyclic) bond motifs is 4. The highest BCUT2D eigenvalue weighted by atomic mass is 32.1. The van der Waals surface area contributed by atoms with Gasteiger partial charge in [-0.3, -0.25) is 0 Å². The largest absolute Gasteiger partial charge is 0.493 e. The maximum Gasteiger partial charge on any atom is 0.133 e. The Kier molecular flexibility index (Phi) is 27.1. The van der Waals surface area contributed by atoms with Gasteiger partial charge in [-0.25, -0.2) is 0 Å². The lowest BCUT2D eigenvalue weighted by Gasteiger charge is -2.18. The van der Waals surface area contributed by atoms with Gasteiger partial charge in [-0.05, 0) is 111 Å². The maximum atomic E-state index is 7.19. The van der Waals surface area contributed by atoms with Crippen LogP contribution in [0.2, 0.25) is 0 Å². The number of ether oxygens (including phenoxy) is 2. The number of aromatic nitrogens is 4. The molecule has 0 atom stereocenters. The molecule has 5 aromatic heterocycles. The Morgan fingerprint density at radius 3 is 1.13 bits per heavy atom. The number of nitrogens with zero attached hydrogens (tertiary/aromatic N) is 4. The van der Waals surface area contributed by atoms with E-state index < -0.39 is 0 Å². The Morgan fingerprint density at radius 2 is 0.709 bits per heavy atom. The Labute approximate surface area is 538 Å². The minimum absolute atomic E-state index is 0.690. The van der Waals surface area contributed by atoms with E-state index in [2.05, 4.69) is 103 Å². The van der Waals surface area contributed by atoms with Gasteiger partial charge in [0.2, 0.25) is 0 Å². The Balaban J connectivity index is 1.18. The molecule has 6 nitrogen and oxygen atoms in total. The van der Waals surface area contributed by atoms with E-state index in [-0.39, 0.29) is 0 Å². The summed E-state index contributed by atoms with van der Waals surface area (Å²) in [4.78, 5) is 5.04. The van der Waals surface area contributed by atoms with Crippen molar-refractivity contribution < 1.29 is 9.47 Å². The van der Waals surface area contributed by atoms with Gasteiger partial charge in [0, 0.05) is 51.2 Å². The molecule has 9 rings (SSSR count). The van der Waals surface area contributed by atoms with E-state index in [0.717, 1.165) is 87.1 Å². The number of hydrogen-bond acceptors (Lipinski definition) is 11. The highest BCUT2D eigenvalue weighted by Gasteiger charge is 2.30. The normalized spacial score (nSPS) is 11.9. The number of rotatable bonds is 42. The van der Waals surface area contributed by atoms with Gasteiger partial charge in [-0.1, -0.05) is 238 Å². The van der Waals surface area contributed by atoms with Crippen molar-refractivity contribution in [2.24, 2.45) is 0 Å². The minimum Gasteiger partial charge on any atom is -0.493 e. The van der Waals surface area contributed by atoms with Crippen molar-refractivity contribution >= 4 is 99.7 Å². The first-order valence-electron chi connectivity index (χ1n) is 34.3. The molecular formula is C75H102N4O2S5. The summed E-state index contributed by atoms with van der Waals surface area (Å²) in [6.45, 7) is 17.4. The average Bonchev–Trinajstić information content (AvgIpc) is 1.58. The van der Waals surface area contributed by atoms with Crippen molar-refractivity contribution in [2.45, 2.75) is 267 Å². The van der Waals surface area contributed by atoms with Gasteiger partial charge in [-0.15, -0.1) is 34.0 Å². The van der Waals surface area contributed by atoms with E-state index in [9.17, 15) is 0 Å². The van der Waals surface area contributed by atoms with Crippen LogP contribution in [0.4, 0.5) is 0 Å². The molecule has 0 aliphatic carbocycles. The maximum absolute atomic E-state index is 7.19. The van der Waals surface area contributed by atoms with Crippen molar-refractivity contribution in [3.63, 3.8) is 0 Å². The third kappa shape index (κ3) is 17.0. The van der Waals surface area contributed by atoms with Gasteiger partial charge in [0.25, 0.3) is 0 Å². The molecule has 0 N–H and O–H groups in total. The molecular weight excluding hydrogens is 1150 g/mol. The summed E-state index contributed by atoms with van der Waals surface area (Å²) in [5.41, 5.74) is 15.0. The molecule has 9 aromatic rings. The topological polar surface area (TPSA) is 70.0 Å². The summed E-state index contributed by atoms with van der Waals surface area (Å²) < 4.78 is 37.9. The molecule has 4 aromatic carbocycles. The molecule has 11 heteroatoms. The zero-order chi connectivity index (χ0) is 59.9. The Morgan fingerprint density at radius 1 is 0.349 bits per heavy atom. The van der Waals surface area contributed by atoms with Gasteiger partial charge in [-0.2, -0.15) is 17.5 Å². The number of aryl methyl sites for hydroxylation is 3. The predicted molar refractivity (Wildman–Crippen MR) is 382 cm³/mol. The van der Waals surface area contributed by atoms with Crippen LogP contribution in [0.5, 0.6) is 11.5 Å². The molecule has 464 valence electrons. The number of benzene rings is 4. The predicted octanol–water partition coefficient (Wildman–Crippen LogP) is 26.2. The zero-order valence-corrected chi connectivity index (χ0v) is 57.9. The SMILES string of the molecule is CCCCCCCCCCCCc1c2cc(-c3c(OCCCCCCCC)c(C)c(-c4ccccc4)c4nsnc34)sc2c(CCCCCCCCCCCC)c2cc(-c3c(C)c(OCCCCCCCC)c(-c4ccc(C)s4)c4nsnc34)sc12. The first-order valence-corrected chi connectivity index (χ1v) is 38.3. The molecule has 0 fully saturated rings. The summed E-state index contributed by atoms with van der Waals surface area (Å²) >= 11 is 8.53. The van der Waals surface area contributed by atoms with E-state index >= 15 is 0 Å². The summed E-state index contributed by atoms with van der Waals surface area (Å²) in [6, 6.07) is 20.5. The third-order valence-electron chi connectivity index (χ3n) is 18.1. The quantitative estimate of drug-likeness (QED) is 0.0355. The smallest absolute Gasteiger partial charge is 0.133 e. The van der Waals surface area contributed by atoms with Gasteiger partial charge in [0.15, 0.2) is 0 Å². The van der Waals surface area contributed by atoms with E-state index in [4.69, 9.17) is 27.0 Å². The van der Waals surface area contributed by atoms with E-state index in [1.54, 1.807) is 0 Å². The molecule has 0 amide bonds. The van der Waals surface area contributed by atoms with Crippen molar-refractivity contribution in [2.75, 3.05) is 13.2 Å². The number of unbranched alkanes of at least 4 members (excludes halogenated alkanes) is 28. The number of thiophene rings is 3. The monoisotopic (exact) mass is 1250 g/mol. The molecule has 86 heavy (non-hydrogen) atoms. The highest BCUT2D eigenvalue weighted by molar-refractivity contribution is 7.24.